The minimum atomic E-state index is 0.793. The largest absolute Gasteiger partial charge is 0.0622 e. The van der Waals surface area contributed by atoms with Crippen LogP contribution in [0, 0.1) is 9.49 Å². The highest BCUT2D eigenvalue weighted by Crippen LogP contribution is 2.38. The third kappa shape index (κ3) is 1.76. The van der Waals surface area contributed by atoms with E-state index in [1.54, 1.807) is 11.1 Å². The second kappa shape index (κ2) is 3.60. The van der Waals surface area contributed by atoms with Crippen LogP contribution < -0.4 is 0 Å². The molecule has 0 nitrogen and oxygen atoms in total. The molecule has 0 bridgehead atoms. The molecule has 0 heterocycles. The molecule has 0 aromatic heterocycles. The van der Waals surface area contributed by atoms with Crippen molar-refractivity contribution in [2.75, 3.05) is 0 Å². The highest BCUT2D eigenvalue weighted by molar-refractivity contribution is 14.1. The van der Waals surface area contributed by atoms with Crippen LogP contribution in [0.2, 0.25) is 0 Å². The van der Waals surface area contributed by atoms with Crippen molar-refractivity contribution in [1.29, 1.82) is 0 Å². The Morgan fingerprint density at radius 3 is 2.85 bits per heavy atom. The predicted molar refractivity (Wildman–Crippen MR) is 65.1 cm³/mol. The van der Waals surface area contributed by atoms with Gasteiger partial charge in [0.2, 0.25) is 0 Å². The molecule has 2 rings (SSSR count). The van der Waals surface area contributed by atoms with E-state index in [0.29, 0.717) is 0 Å². The highest BCUT2D eigenvalue weighted by atomic mass is 127. The summed E-state index contributed by atoms with van der Waals surface area (Å²) in [5.74, 6) is 1.60. The molecule has 0 spiro atoms. The van der Waals surface area contributed by atoms with Crippen molar-refractivity contribution in [1.82, 2.24) is 0 Å². The van der Waals surface area contributed by atoms with E-state index in [9.17, 15) is 0 Å². The molecule has 0 N–H and O–H groups in total. The molecule has 13 heavy (non-hydrogen) atoms. The third-order valence-corrected chi connectivity index (χ3v) is 3.70. The maximum Gasteiger partial charge on any atom is 0.0133 e. The molecule has 1 aromatic carbocycles. The first-order valence-electron chi connectivity index (χ1n) is 4.97. The van der Waals surface area contributed by atoms with Crippen LogP contribution in [-0.4, -0.2) is 0 Å². The van der Waals surface area contributed by atoms with Crippen molar-refractivity contribution >= 4 is 22.6 Å². The van der Waals surface area contributed by atoms with Crippen molar-refractivity contribution in [2.45, 2.75) is 32.6 Å². The summed E-state index contributed by atoms with van der Waals surface area (Å²) in [4.78, 5) is 0. The first-order chi connectivity index (χ1) is 6.18. The zero-order valence-electron chi connectivity index (χ0n) is 8.18. The first-order valence-corrected chi connectivity index (χ1v) is 6.04. The normalized spacial score (nSPS) is 20.8. The molecular formula is C12H15I. The molecule has 1 aliphatic rings. The van der Waals surface area contributed by atoms with Crippen molar-refractivity contribution < 1.29 is 0 Å². The van der Waals surface area contributed by atoms with Gasteiger partial charge in [-0.1, -0.05) is 19.9 Å². The lowest BCUT2D eigenvalue weighted by Crippen LogP contribution is -2.01. The summed E-state index contributed by atoms with van der Waals surface area (Å²) in [7, 11) is 0. The number of aryl methyl sites for hydroxylation is 1. The number of rotatable bonds is 1. The van der Waals surface area contributed by atoms with E-state index in [1.807, 2.05) is 0 Å². The molecule has 1 aliphatic carbocycles. The lowest BCUT2D eigenvalue weighted by Gasteiger charge is -2.15. The van der Waals surface area contributed by atoms with E-state index in [1.165, 1.54) is 16.4 Å². The van der Waals surface area contributed by atoms with Crippen molar-refractivity contribution in [3.63, 3.8) is 0 Å². The van der Waals surface area contributed by atoms with Crippen LogP contribution in [0.5, 0.6) is 0 Å². The minimum absolute atomic E-state index is 0.793. The fourth-order valence-corrected chi connectivity index (χ4v) is 2.87. The zero-order chi connectivity index (χ0) is 9.42. The maximum absolute atomic E-state index is 2.40. The second-order valence-corrected chi connectivity index (χ2v) is 5.48. The highest BCUT2D eigenvalue weighted by Gasteiger charge is 2.24. The number of halogens is 1. The Hall–Kier alpha value is -0.0500. The number of hydrogen-bond acceptors (Lipinski definition) is 0. The Bertz CT molecular complexity index is 315. The van der Waals surface area contributed by atoms with Crippen LogP contribution in [-0.2, 0) is 6.42 Å². The standard InChI is InChI=1S/C12H15I/c1-8(2)11-5-3-9-7-10(13)4-6-12(9)11/h4,6-8,11H,3,5H2,1-2H3. The van der Waals surface area contributed by atoms with E-state index in [2.05, 4.69) is 54.6 Å². The van der Waals surface area contributed by atoms with Crippen molar-refractivity contribution in [3.05, 3.63) is 32.9 Å². The van der Waals surface area contributed by atoms with Gasteiger partial charge in [-0.15, -0.1) is 0 Å². The second-order valence-electron chi connectivity index (χ2n) is 4.23. The summed E-state index contributed by atoms with van der Waals surface area (Å²) in [5, 5.41) is 0. The fourth-order valence-electron chi connectivity index (χ4n) is 2.31. The van der Waals surface area contributed by atoms with Gasteiger partial charge in [0.05, 0.1) is 0 Å². The Labute approximate surface area is 93.9 Å². The molecule has 70 valence electrons. The molecular weight excluding hydrogens is 271 g/mol. The van der Waals surface area contributed by atoms with Gasteiger partial charge in [0.15, 0.2) is 0 Å². The van der Waals surface area contributed by atoms with E-state index in [0.717, 1.165) is 11.8 Å². The van der Waals surface area contributed by atoms with Gasteiger partial charge in [0.25, 0.3) is 0 Å². The topological polar surface area (TPSA) is 0 Å². The van der Waals surface area contributed by atoms with Gasteiger partial charge in [-0.25, -0.2) is 0 Å². The van der Waals surface area contributed by atoms with Gasteiger partial charge in [-0.2, -0.15) is 0 Å². The molecule has 0 saturated heterocycles. The van der Waals surface area contributed by atoms with Gasteiger partial charge in [-0.3, -0.25) is 0 Å². The summed E-state index contributed by atoms with van der Waals surface area (Å²) < 4.78 is 1.38. The van der Waals surface area contributed by atoms with Crippen LogP contribution in [0.15, 0.2) is 18.2 Å². The number of fused-ring (bicyclic) bond motifs is 1. The minimum Gasteiger partial charge on any atom is -0.0622 e. The molecule has 0 saturated carbocycles. The van der Waals surface area contributed by atoms with Gasteiger partial charge < -0.3 is 0 Å². The summed E-state index contributed by atoms with van der Waals surface area (Å²) in [5.41, 5.74) is 3.20. The van der Waals surface area contributed by atoms with Crippen LogP contribution >= 0.6 is 22.6 Å². The van der Waals surface area contributed by atoms with Crippen LogP contribution in [0.25, 0.3) is 0 Å². The van der Waals surface area contributed by atoms with Crippen molar-refractivity contribution in [3.8, 4) is 0 Å². The summed E-state index contributed by atoms with van der Waals surface area (Å²) in [6.07, 6.45) is 2.64. The van der Waals surface area contributed by atoms with E-state index in [4.69, 9.17) is 0 Å². The molecule has 1 heteroatoms. The van der Waals surface area contributed by atoms with Crippen LogP contribution in [0.1, 0.15) is 37.3 Å². The molecule has 0 fully saturated rings. The summed E-state index contributed by atoms with van der Waals surface area (Å²) >= 11 is 2.40. The Morgan fingerprint density at radius 2 is 2.15 bits per heavy atom. The maximum atomic E-state index is 2.40. The van der Waals surface area contributed by atoms with E-state index in [-0.39, 0.29) is 0 Å². The molecule has 0 amide bonds. The fraction of sp³-hybridized carbons (Fsp3) is 0.500. The lowest BCUT2D eigenvalue weighted by atomic mass is 9.90. The SMILES string of the molecule is CC(C)C1CCc2cc(I)ccc21. The Kier molecular flexibility index (Phi) is 2.63. The average Bonchev–Trinajstić information content (AvgIpc) is 2.46. The van der Waals surface area contributed by atoms with Gasteiger partial charge in [0, 0.05) is 3.57 Å². The molecule has 0 aliphatic heterocycles. The van der Waals surface area contributed by atoms with Gasteiger partial charge in [0.1, 0.15) is 0 Å². The summed E-state index contributed by atoms with van der Waals surface area (Å²) in [6, 6.07) is 6.91. The molecule has 0 radical (unpaired) electrons. The molecule has 1 unspecified atom stereocenters. The predicted octanol–water partition coefficient (Wildman–Crippen LogP) is 3.98. The van der Waals surface area contributed by atoms with Gasteiger partial charge in [-0.05, 0) is 70.5 Å². The van der Waals surface area contributed by atoms with Gasteiger partial charge >= 0.3 is 0 Å². The molecule has 1 atom stereocenters. The monoisotopic (exact) mass is 286 g/mol. The zero-order valence-corrected chi connectivity index (χ0v) is 10.3. The lowest BCUT2D eigenvalue weighted by molar-refractivity contribution is 0.496. The number of hydrogen-bond donors (Lipinski definition) is 0. The Balaban J connectivity index is 2.38. The smallest absolute Gasteiger partial charge is 0.0133 e. The van der Waals surface area contributed by atoms with Crippen LogP contribution in [0.4, 0.5) is 0 Å². The quantitative estimate of drug-likeness (QED) is 0.685. The van der Waals surface area contributed by atoms with Crippen LogP contribution in [0.3, 0.4) is 0 Å². The van der Waals surface area contributed by atoms with E-state index >= 15 is 0 Å². The van der Waals surface area contributed by atoms with Crippen molar-refractivity contribution in [2.24, 2.45) is 5.92 Å². The number of benzene rings is 1. The molecule has 1 aromatic rings. The first kappa shape index (κ1) is 9.50. The van der Waals surface area contributed by atoms with E-state index < -0.39 is 0 Å². The summed E-state index contributed by atoms with van der Waals surface area (Å²) in [6.45, 7) is 4.66. The third-order valence-electron chi connectivity index (χ3n) is 3.03. The average molecular weight is 286 g/mol. The Morgan fingerprint density at radius 1 is 1.38 bits per heavy atom.